The minimum absolute atomic E-state index is 0.110. The molecule has 3 aromatic rings. The molecule has 0 fully saturated rings. The minimum Gasteiger partial charge on any atom is -0.394 e. The third-order valence-electron chi connectivity index (χ3n) is 4.74. The summed E-state index contributed by atoms with van der Waals surface area (Å²) in [6.45, 7) is 1.34. The number of rotatable bonds is 3. The Morgan fingerprint density at radius 3 is 2.42 bits per heavy atom. The summed E-state index contributed by atoms with van der Waals surface area (Å²) in [5.41, 5.74) is 10.7. The number of amides is 1. The van der Waals surface area contributed by atoms with Crippen molar-refractivity contribution in [3.8, 4) is 11.1 Å². The lowest BCUT2D eigenvalue weighted by molar-refractivity contribution is -0.131. The summed E-state index contributed by atoms with van der Waals surface area (Å²) in [4.78, 5) is 28.6. The molecule has 5 nitrogen and oxygen atoms in total. The average molecular weight is 345 g/mol. The van der Waals surface area contributed by atoms with Gasteiger partial charge in [-0.25, -0.2) is 0 Å². The van der Waals surface area contributed by atoms with Crippen molar-refractivity contribution in [1.82, 2.24) is 9.88 Å². The number of nitrogens with one attached hydrogen (secondary N) is 1. The van der Waals surface area contributed by atoms with Crippen molar-refractivity contribution >= 4 is 11.6 Å². The van der Waals surface area contributed by atoms with Crippen molar-refractivity contribution in [3.05, 3.63) is 87.8 Å². The zero-order valence-corrected chi connectivity index (χ0v) is 14.2. The highest BCUT2D eigenvalue weighted by Crippen LogP contribution is 2.24. The molecule has 5 heteroatoms. The molecule has 4 rings (SSSR count). The quantitative estimate of drug-likeness (QED) is 0.766. The number of anilines is 1. The van der Waals surface area contributed by atoms with Gasteiger partial charge in [-0.15, -0.1) is 0 Å². The van der Waals surface area contributed by atoms with Crippen molar-refractivity contribution in [1.29, 1.82) is 0 Å². The lowest BCUT2D eigenvalue weighted by Gasteiger charge is -2.15. The molecule has 0 bridgehead atoms. The Bertz CT molecular complexity index is 1010. The van der Waals surface area contributed by atoms with E-state index in [1.165, 1.54) is 11.1 Å². The van der Waals surface area contributed by atoms with Gasteiger partial charge in [0.15, 0.2) is 0 Å². The molecule has 1 aromatic heterocycles. The van der Waals surface area contributed by atoms with E-state index in [4.69, 9.17) is 5.73 Å². The summed E-state index contributed by atoms with van der Waals surface area (Å²) in [5.74, 6) is 0.110. The standard InChI is InChI=1S/C21H19N3O2/c22-19-10-18(11-23-21(19)26)15-7-3-4-14(8-15)9-20(25)24-12-16-5-1-2-6-17(16)13-24/h1-8,10-11H,9,12-13,22H2,(H,23,26). The summed E-state index contributed by atoms with van der Waals surface area (Å²) in [7, 11) is 0. The van der Waals surface area contributed by atoms with Crippen LogP contribution >= 0.6 is 0 Å². The van der Waals surface area contributed by atoms with E-state index in [1.807, 2.05) is 41.3 Å². The van der Waals surface area contributed by atoms with E-state index >= 15 is 0 Å². The fraction of sp³-hybridized carbons (Fsp3) is 0.143. The molecule has 1 aliphatic rings. The summed E-state index contributed by atoms with van der Waals surface area (Å²) in [5, 5.41) is 0. The van der Waals surface area contributed by atoms with Crippen LogP contribution in [0.3, 0.4) is 0 Å². The maximum absolute atomic E-state index is 12.7. The van der Waals surface area contributed by atoms with Gasteiger partial charge in [-0.05, 0) is 28.3 Å². The molecule has 0 saturated carbocycles. The Morgan fingerprint density at radius 1 is 1.00 bits per heavy atom. The SMILES string of the molecule is Nc1cc(-c2cccc(CC(=O)N3Cc4ccccc4C3)c2)c[nH]c1=O. The normalized spacial score (nSPS) is 12.8. The van der Waals surface area contributed by atoms with Crippen molar-refractivity contribution in [3.63, 3.8) is 0 Å². The van der Waals surface area contributed by atoms with Gasteiger partial charge in [0, 0.05) is 24.8 Å². The molecule has 0 saturated heterocycles. The molecule has 130 valence electrons. The van der Waals surface area contributed by atoms with Gasteiger partial charge >= 0.3 is 0 Å². The fourth-order valence-electron chi connectivity index (χ4n) is 3.32. The Balaban J connectivity index is 1.51. The van der Waals surface area contributed by atoms with Crippen LogP contribution in [0.25, 0.3) is 11.1 Å². The van der Waals surface area contributed by atoms with Gasteiger partial charge in [-0.3, -0.25) is 9.59 Å². The third kappa shape index (κ3) is 3.11. The van der Waals surface area contributed by atoms with Crippen LogP contribution in [0.5, 0.6) is 0 Å². The number of carbonyl (C=O) groups is 1. The zero-order chi connectivity index (χ0) is 18.1. The fourth-order valence-corrected chi connectivity index (χ4v) is 3.32. The van der Waals surface area contributed by atoms with E-state index in [0.29, 0.717) is 19.5 Å². The van der Waals surface area contributed by atoms with E-state index < -0.39 is 0 Å². The molecule has 2 aromatic carbocycles. The van der Waals surface area contributed by atoms with Crippen LogP contribution in [-0.2, 0) is 24.3 Å². The number of nitrogen functional groups attached to an aromatic ring is 1. The van der Waals surface area contributed by atoms with Crippen LogP contribution in [-0.4, -0.2) is 15.8 Å². The molecule has 2 heterocycles. The van der Waals surface area contributed by atoms with Crippen LogP contribution < -0.4 is 11.3 Å². The van der Waals surface area contributed by atoms with Crippen molar-refractivity contribution in [2.24, 2.45) is 0 Å². The summed E-state index contributed by atoms with van der Waals surface area (Å²) < 4.78 is 0. The number of fused-ring (bicyclic) bond motifs is 1. The first-order chi connectivity index (χ1) is 12.6. The number of nitrogens with zero attached hydrogens (tertiary/aromatic N) is 1. The molecule has 0 aliphatic carbocycles. The Kier molecular flexibility index (Phi) is 4.05. The van der Waals surface area contributed by atoms with Crippen LogP contribution in [0.4, 0.5) is 5.69 Å². The molecule has 1 amide bonds. The molecular weight excluding hydrogens is 326 g/mol. The molecule has 0 unspecified atom stereocenters. The average Bonchev–Trinajstić information content (AvgIpc) is 3.09. The van der Waals surface area contributed by atoms with E-state index in [-0.39, 0.29) is 17.2 Å². The van der Waals surface area contributed by atoms with Crippen LogP contribution in [0.15, 0.2) is 65.6 Å². The van der Waals surface area contributed by atoms with Gasteiger partial charge in [0.05, 0.1) is 12.1 Å². The predicted octanol–water partition coefficient (Wildman–Crippen LogP) is 2.71. The maximum Gasteiger partial charge on any atom is 0.271 e. The first kappa shape index (κ1) is 16.1. The van der Waals surface area contributed by atoms with E-state index in [1.54, 1.807) is 12.3 Å². The monoisotopic (exact) mass is 345 g/mol. The number of benzene rings is 2. The summed E-state index contributed by atoms with van der Waals surface area (Å²) in [6.07, 6.45) is 1.98. The van der Waals surface area contributed by atoms with Gasteiger partial charge in [0.1, 0.15) is 0 Å². The first-order valence-corrected chi connectivity index (χ1v) is 8.52. The van der Waals surface area contributed by atoms with Gasteiger partial charge in [0.25, 0.3) is 5.56 Å². The number of aromatic nitrogens is 1. The lowest BCUT2D eigenvalue weighted by atomic mass is 10.0. The molecule has 3 N–H and O–H groups in total. The molecule has 26 heavy (non-hydrogen) atoms. The highest BCUT2D eigenvalue weighted by molar-refractivity contribution is 5.80. The Hall–Kier alpha value is -3.34. The highest BCUT2D eigenvalue weighted by atomic mass is 16.2. The molecular formula is C21H19N3O2. The molecule has 0 spiro atoms. The predicted molar refractivity (Wildman–Crippen MR) is 101 cm³/mol. The summed E-state index contributed by atoms with van der Waals surface area (Å²) >= 11 is 0. The van der Waals surface area contributed by atoms with Gasteiger partial charge in [-0.2, -0.15) is 0 Å². The van der Waals surface area contributed by atoms with Gasteiger partial charge in [-0.1, -0.05) is 48.5 Å². The summed E-state index contributed by atoms with van der Waals surface area (Å²) in [6, 6.07) is 17.6. The second kappa shape index (κ2) is 6.52. The zero-order valence-electron chi connectivity index (χ0n) is 14.2. The number of hydrogen-bond donors (Lipinski definition) is 2. The topological polar surface area (TPSA) is 79.2 Å². The molecule has 0 radical (unpaired) electrons. The van der Waals surface area contributed by atoms with Crippen LogP contribution in [0.2, 0.25) is 0 Å². The maximum atomic E-state index is 12.7. The third-order valence-corrected chi connectivity index (χ3v) is 4.74. The molecule has 1 aliphatic heterocycles. The van der Waals surface area contributed by atoms with Crippen LogP contribution in [0, 0.1) is 0 Å². The second-order valence-electron chi connectivity index (χ2n) is 6.57. The van der Waals surface area contributed by atoms with Crippen LogP contribution in [0.1, 0.15) is 16.7 Å². The van der Waals surface area contributed by atoms with Gasteiger partial charge in [0.2, 0.25) is 5.91 Å². The number of nitrogens with two attached hydrogens (primary N) is 1. The number of pyridine rings is 1. The first-order valence-electron chi connectivity index (χ1n) is 8.52. The smallest absolute Gasteiger partial charge is 0.271 e. The van der Waals surface area contributed by atoms with Crippen molar-refractivity contribution in [2.75, 3.05) is 5.73 Å². The van der Waals surface area contributed by atoms with Crippen molar-refractivity contribution in [2.45, 2.75) is 19.5 Å². The number of carbonyl (C=O) groups excluding carboxylic acids is 1. The van der Waals surface area contributed by atoms with E-state index in [2.05, 4.69) is 17.1 Å². The largest absolute Gasteiger partial charge is 0.394 e. The van der Waals surface area contributed by atoms with E-state index in [0.717, 1.165) is 16.7 Å². The minimum atomic E-state index is -0.298. The number of hydrogen-bond acceptors (Lipinski definition) is 3. The number of H-pyrrole nitrogens is 1. The second-order valence-corrected chi connectivity index (χ2v) is 6.57. The highest BCUT2D eigenvalue weighted by Gasteiger charge is 2.22. The Labute approximate surface area is 151 Å². The van der Waals surface area contributed by atoms with Crippen molar-refractivity contribution < 1.29 is 4.79 Å². The number of aromatic amines is 1. The van der Waals surface area contributed by atoms with E-state index in [9.17, 15) is 9.59 Å². The lowest BCUT2D eigenvalue weighted by Crippen LogP contribution is -2.26. The Morgan fingerprint density at radius 2 is 1.73 bits per heavy atom. The molecule has 0 atom stereocenters. The van der Waals surface area contributed by atoms with Gasteiger partial charge < -0.3 is 15.6 Å².